The Bertz CT molecular complexity index is 1000. The van der Waals surface area contributed by atoms with Crippen molar-refractivity contribution in [3.8, 4) is 5.69 Å². The molecule has 1 heterocycles. The van der Waals surface area contributed by atoms with Crippen LogP contribution in [0.5, 0.6) is 0 Å². The molecule has 162 valence electrons. The number of rotatable bonds is 10. The van der Waals surface area contributed by atoms with Crippen LogP contribution in [-0.4, -0.2) is 38.6 Å². The lowest BCUT2D eigenvalue weighted by molar-refractivity contribution is -0.129. The van der Waals surface area contributed by atoms with E-state index in [-0.39, 0.29) is 18.1 Å². The number of nitrogens with two attached hydrogens (primary N) is 1. The lowest BCUT2D eigenvalue weighted by Gasteiger charge is -2.22. The van der Waals surface area contributed by atoms with Gasteiger partial charge in [0, 0.05) is 37.6 Å². The Morgan fingerprint density at radius 1 is 1.10 bits per heavy atom. The molecule has 2 aromatic carbocycles. The Balaban J connectivity index is 1.68. The summed E-state index contributed by atoms with van der Waals surface area (Å²) in [5.41, 5.74) is 8.60. The van der Waals surface area contributed by atoms with E-state index in [2.05, 4.69) is 43.1 Å². The number of carbonyl (C=O) groups is 2. The third kappa shape index (κ3) is 6.46. The summed E-state index contributed by atoms with van der Waals surface area (Å²) >= 11 is 1.38. The van der Waals surface area contributed by atoms with Crippen LogP contribution in [0.3, 0.4) is 0 Å². The summed E-state index contributed by atoms with van der Waals surface area (Å²) in [6, 6.07) is 18.1. The molecular formula is C24H28N4O2S. The minimum Gasteiger partial charge on any atom is -0.370 e. The number of nitrogens with zero attached hydrogens (tertiary/aromatic N) is 3. The summed E-state index contributed by atoms with van der Waals surface area (Å²) in [6.07, 6.45) is 3.77. The number of carbonyl (C=O) groups excluding carboxylic acids is 2. The van der Waals surface area contributed by atoms with Crippen molar-refractivity contribution in [2.75, 3.05) is 12.3 Å². The summed E-state index contributed by atoms with van der Waals surface area (Å²) < 4.78 is 1.98. The van der Waals surface area contributed by atoms with Crippen LogP contribution >= 0.6 is 11.8 Å². The molecule has 0 saturated heterocycles. The average Bonchev–Trinajstić information content (AvgIpc) is 3.24. The van der Waals surface area contributed by atoms with Crippen molar-refractivity contribution in [2.24, 2.45) is 5.73 Å². The van der Waals surface area contributed by atoms with Crippen LogP contribution in [0.4, 0.5) is 0 Å². The third-order valence-corrected chi connectivity index (χ3v) is 5.92. The predicted molar refractivity (Wildman–Crippen MR) is 124 cm³/mol. The standard InChI is InChI=1S/C24H28N4O2S/c1-18(2)20-8-10-21(11-9-20)28-15-13-26-24(28)31-17-23(30)27(14-12-22(25)29)16-19-6-4-3-5-7-19/h3-11,13,15,18H,12,14,16-17H2,1-2H3,(H2,25,29). The van der Waals surface area contributed by atoms with Crippen LogP contribution in [0.2, 0.25) is 0 Å². The van der Waals surface area contributed by atoms with E-state index in [4.69, 9.17) is 5.73 Å². The van der Waals surface area contributed by atoms with Crippen LogP contribution in [0, 0.1) is 0 Å². The van der Waals surface area contributed by atoms with E-state index in [1.807, 2.05) is 41.1 Å². The quantitative estimate of drug-likeness (QED) is 0.487. The van der Waals surface area contributed by atoms with Gasteiger partial charge < -0.3 is 10.6 Å². The number of primary amides is 1. The fraction of sp³-hybridized carbons (Fsp3) is 0.292. The maximum Gasteiger partial charge on any atom is 0.233 e. The Kier molecular flexibility index (Phi) is 7.89. The lowest BCUT2D eigenvalue weighted by atomic mass is 10.0. The minimum absolute atomic E-state index is 0.0557. The zero-order valence-electron chi connectivity index (χ0n) is 17.9. The number of aromatic nitrogens is 2. The molecule has 0 aliphatic rings. The fourth-order valence-electron chi connectivity index (χ4n) is 3.17. The van der Waals surface area contributed by atoms with Gasteiger partial charge in [0.25, 0.3) is 0 Å². The molecule has 6 nitrogen and oxygen atoms in total. The molecule has 0 fully saturated rings. The van der Waals surface area contributed by atoms with E-state index in [0.717, 1.165) is 16.4 Å². The second kappa shape index (κ2) is 10.8. The summed E-state index contributed by atoms with van der Waals surface area (Å²) in [7, 11) is 0. The van der Waals surface area contributed by atoms with Gasteiger partial charge in [0.2, 0.25) is 11.8 Å². The highest BCUT2D eigenvalue weighted by Crippen LogP contribution is 2.23. The Labute approximate surface area is 187 Å². The van der Waals surface area contributed by atoms with Gasteiger partial charge in [0.1, 0.15) is 0 Å². The van der Waals surface area contributed by atoms with Gasteiger partial charge in [0.05, 0.1) is 5.75 Å². The molecule has 0 unspecified atom stereocenters. The number of thioether (sulfide) groups is 1. The van der Waals surface area contributed by atoms with Crippen molar-refractivity contribution < 1.29 is 9.59 Å². The second-order valence-corrected chi connectivity index (χ2v) is 8.57. The van der Waals surface area contributed by atoms with Gasteiger partial charge in [-0.05, 0) is 29.2 Å². The molecule has 7 heteroatoms. The molecule has 0 radical (unpaired) electrons. The summed E-state index contributed by atoms with van der Waals surface area (Å²) in [5, 5.41) is 0.750. The number of benzene rings is 2. The third-order valence-electron chi connectivity index (χ3n) is 4.97. The number of imidazole rings is 1. The molecule has 0 spiro atoms. The first-order chi connectivity index (χ1) is 14.9. The predicted octanol–water partition coefficient (Wildman–Crippen LogP) is 3.99. The molecule has 0 atom stereocenters. The topological polar surface area (TPSA) is 81.2 Å². The van der Waals surface area contributed by atoms with Gasteiger partial charge in [0.15, 0.2) is 5.16 Å². The fourth-order valence-corrected chi connectivity index (χ4v) is 4.05. The van der Waals surface area contributed by atoms with Crippen molar-refractivity contribution in [3.05, 3.63) is 78.1 Å². The van der Waals surface area contributed by atoms with E-state index in [1.54, 1.807) is 11.1 Å². The number of hydrogen-bond donors (Lipinski definition) is 1. The van der Waals surface area contributed by atoms with Crippen molar-refractivity contribution in [1.29, 1.82) is 0 Å². The highest BCUT2D eigenvalue weighted by Gasteiger charge is 2.17. The van der Waals surface area contributed by atoms with E-state index in [9.17, 15) is 9.59 Å². The second-order valence-electron chi connectivity index (χ2n) is 7.63. The molecule has 3 aromatic rings. The first-order valence-corrected chi connectivity index (χ1v) is 11.3. The van der Waals surface area contributed by atoms with Crippen LogP contribution in [0.15, 0.2) is 72.1 Å². The minimum atomic E-state index is -0.418. The van der Waals surface area contributed by atoms with Crippen LogP contribution in [-0.2, 0) is 16.1 Å². The van der Waals surface area contributed by atoms with E-state index in [1.165, 1.54) is 17.3 Å². The zero-order chi connectivity index (χ0) is 22.2. The van der Waals surface area contributed by atoms with E-state index >= 15 is 0 Å². The Hall–Kier alpha value is -3.06. The molecule has 3 rings (SSSR count). The molecule has 0 bridgehead atoms. The molecule has 31 heavy (non-hydrogen) atoms. The lowest BCUT2D eigenvalue weighted by Crippen LogP contribution is -2.34. The van der Waals surface area contributed by atoms with Gasteiger partial charge >= 0.3 is 0 Å². The average molecular weight is 437 g/mol. The summed E-state index contributed by atoms with van der Waals surface area (Å²) in [6.45, 7) is 5.07. The number of amides is 2. The molecule has 2 N–H and O–H groups in total. The first kappa shape index (κ1) is 22.6. The normalized spacial score (nSPS) is 10.9. The molecule has 0 aliphatic carbocycles. The van der Waals surface area contributed by atoms with Crippen molar-refractivity contribution >= 4 is 23.6 Å². The monoisotopic (exact) mass is 436 g/mol. The smallest absolute Gasteiger partial charge is 0.233 e. The summed E-state index contributed by atoms with van der Waals surface area (Å²) in [4.78, 5) is 30.3. The van der Waals surface area contributed by atoms with Crippen LogP contribution < -0.4 is 5.73 Å². The Morgan fingerprint density at radius 2 is 1.81 bits per heavy atom. The van der Waals surface area contributed by atoms with Crippen LogP contribution in [0.25, 0.3) is 5.69 Å². The summed E-state index contributed by atoms with van der Waals surface area (Å²) in [5.74, 6) is 0.227. The van der Waals surface area contributed by atoms with E-state index < -0.39 is 5.91 Å². The first-order valence-electron chi connectivity index (χ1n) is 10.3. The molecular weight excluding hydrogens is 408 g/mol. The van der Waals surface area contributed by atoms with Crippen LogP contribution in [0.1, 0.15) is 37.3 Å². The SMILES string of the molecule is CC(C)c1ccc(-n2ccnc2SCC(=O)N(CCC(N)=O)Cc2ccccc2)cc1. The van der Waals surface area contributed by atoms with Crippen molar-refractivity contribution in [3.63, 3.8) is 0 Å². The van der Waals surface area contributed by atoms with Crippen molar-refractivity contribution in [2.45, 2.75) is 37.9 Å². The van der Waals surface area contributed by atoms with Crippen molar-refractivity contribution in [1.82, 2.24) is 14.5 Å². The number of hydrogen-bond acceptors (Lipinski definition) is 4. The van der Waals surface area contributed by atoms with Gasteiger partial charge in [-0.1, -0.05) is 68.1 Å². The molecule has 0 saturated carbocycles. The maximum absolute atomic E-state index is 12.9. The highest BCUT2D eigenvalue weighted by atomic mass is 32.2. The van der Waals surface area contributed by atoms with E-state index in [0.29, 0.717) is 19.0 Å². The highest BCUT2D eigenvalue weighted by molar-refractivity contribution is 7.99. The largest absolute Gasteiger partial charge is 0.370 e. The molecule has 1 aromatic heterocycles. The molecule has 2 amide bonds. The van der Waals surface area contributed by atoms with Gasteiger partial charge in [-0.15, -0.1) is 0 Å². The zero-order valence-corrected chi connectivity index (χ0v) is 18.7. The maximum atomic E-state index is 12.9. The molecule has 0 aliphatic heterocycles. The Morgan fingerprint density at radius 3 is 2.45 bits per heavy atom. The van der Waals surface area contributed by atoms with Gasteiger partial charge in [-0.25, -0.2) is 4.98 Å². The van der Waals surface area contributed by atoms with Gasteiger partial charge in [-0.2, -0.15) is 0 Å². The van der Waals surface area contributed by atoms with Gasteiger partial charge in [-0.3, -0.25) is 14.2 Å².